The van der Waals surface area contributed by atoms with Crippen molar-refractivity contribution in [3.8, 4) is 0 Å². The third kappa shape index (κ3) is 9.66. The number of nitrogens with zero attached hydrogens (tertiary/aromatic N) is 1. The largest absolute Gasteiger partial charge is 0.380 e. The van der Waals surface area contributed by atoms with Crippen LogP contribution in [0.25, 0.3) is 0 Å². The monoisotopic (exact) mass is 310 g/mol. The van der Waals surface area contributed by atoms with Gasteiger partial charge in [-0.05, 0) is 26.8 Å². The van der Waals surface area contributed by atoms with Gasteiger partial charge in [0.2, 0.25) is 10.0 Å². The summed E-state index contributed by atoms with van der Waals surface area (Å²) < 4.78 is 36.5. The van der Waals surface area contributed by atoms with Gasteiger partial charge in [-0.1, -0.05) is 6.92 Å². The molecule has 0 aromatic carbocycles. The summed E-state index contributed by atoms with van der Waals surface area (Å²) in [6, 6.07) is 0. The van der Waals surface area contributed by atoms with Gasteiger partial charge in [0, 0.05) is 32.8 Å². The average Bonchev–Trinajstić information content (AvgIpc) is 2.42. The topological polar surface area (TPSA) is 67.9 Å². The van der Waals surface area contributed by atoms with Crippen LogP contribution in [0.2, 0.25) is 0 Å². The molecular formula is C13H30N2O4S. The molecule has 6 nitrogen and oxygen atoms in total. The summed E-state index contributed by atoms with van der Waals surface area (Å²) in [4.78, 5) is 0. The summed E-state index contributed by atoms with van der Waals surface area (Å²) >= 11 is 0. The minimum atomic E-state index is -3.25. The third-order valence-corrected chi connectivity index (χ3v) is 4.61. The Kier molecular flexibility index (Phi) is 12.4. The quantitative estimate of drug-likeness (QED) is 0.478. The molecule has 122 valence electrons. The van der Waals surface area contributed by atoms with Gasteiger partial charge in [-0.3, -0.25) is 0 Å². The van der Waals surface area contributed by atoms with E-state index in [2.05, 4.69) is 12.2 Å². The molecule has 0 spiro atoms. The number of rotatable bonds is 14. The molecule has 0 aliphatic rings. The molecule has 7 heteroatoms. The minimum Gasteiger partial charge on any atom is -0.380 e. The Morgan fingerprint density at radius 1 is 0.950 bits per heavy atom. The zero-order chi connectivity index (χ0) is 15.3. The normalized spacial score (nSPS) is 12.2. The van der Waals surface area contributed by atoms with Crippen LogP contribution in [0.1, 0.15) is 27.2 Å². The van der Waals surface area contributed by atoms with Crippen LogP contribution in [0.5, 0.6) is 0 Å². The summed E-state index contributed by atoms with van der Waals surface area (Å²) in [6.45, 7) is 9.97. The van der Waals surface area contributed by atoms with E-state index in [1.54, 1.807) is 0 Å². The van der Waals surface area contributed by atoms with Crippen LogP contribution in [-0.2, 0) is 19.5 Å². The first kappa shape index (κ1) is 19.8. The van der Waals surface area contributed by atoms with E-state index in [0.717, 1.165) is 13.0 Å². The van der Waals surface area contributed by atoms with E-state index in [1.807, 2.05) is 13.8 Å². The molecule has 0 aliphatic carbocycles. The molecule has 0 saturated carbocycles. The Balaban J connectivity index is 4.30. The van der Waals surface area contributed by atoms with Gasteiger partial charge in [-0.2, -0.15) is 4.31 Å². The molecule has 0 radical (unpaired) electrons. The van der Waals surface area contributed by atoms with Crippen molar-refractivity contribution in [3.05, 3.63) is 0 Å². The van der Waals surface area contributed by atoms with Gasteiger partial charge in [0.25, 0.3) is 0 Å². The fraction of sp³-hybridized carbons (Fsp3) is 1.00. The first-order chi connectivity index (χ1) is 9.58. The van der Waals surface area contributed by atoms with Crippen LogP contribution >= 0.6 is 0 Å². The minimum absolute atomic E-state index is 0.116. The lowest BCUT2D eigenvalue weighted by atomic mass is 10.5. The molecule has 20 heavy (non-hydrogen) atoms. The molecule has 0 amide bonds. The maximum Gasteiger partial charge on any atom is 0.215 e. The molecule has 1 N–H and O–H groups in total. The smallest absolute Gasteiger partial charge is 0.215 e. The molecule has 0 atom stereocenters. The average molecular weight is 310 g/mol. The van der Waals surface area contributed by atoms with Gasteiger partial charge in [0.15, 0.2) is 0 Å². The highest BCUT2D eigenvalue weighted by molar-refractivity contribution is 7.89. The zero-order valence-corrected chi connectivity index (χ0v) is 13.9. The number of nitrogens with one attached hydrogen (secondary N) is 1. The number of ether oxygens (including phenoxy) is 2. The molecule has 0 heterocycles. The molecule has 0 bridgehead atoms. The Bertz CT molecular complexity index is 299. The standard InChI is InChI=1S/C13H30N2O4S/c1-4-7-14-8-13-20(16,17)15(9-11-18-5-2)10-12-19-6-3/h14H,4-13H2,1-3H3. The van der Waals surface area contributed by atoms with Gasteiger partial charge in [-0.25, -0.2) is 8.42 Å². The van der Waals surface area contributed by atoms with Crippen molar-refractivity contribution >= 4 is 10.0 Å². The summed E-state index contributed by atoms with van der Waals surface area (Å²) in [5, 5.41) is 3.11. The van der Waals surface area contributed by atoms with Gasteiger partial charge < -0.3 is 14.8 Å². The predicted octanol–water partition coefficient (Wildman–Crippen LogP) is 0.691. The molecular weight excluding hydrogens is 280 g/mol. The molecule has 0 aromatic heterocycles. The van der Waals surface area contributed by atoms with Crippen LogP contribution in [0.4, 0.5) is 0 Å². The van der Waals surface area contributed by atoms with Crippen LogP contribution in [0.3, 0.4) is 0 Å². The summed E-state index contributed by atoms with van der Waals surface area (Å²) in [5.74, 6) is 0.116. The predicted molar refractivity (Wildman–Crippen MR) is 81.5 cm³/mol. The number of sulfonamides is 1. The maximum absolute atomic E-state index is 12.3. The lowest BCUT2D eigenvalue weighted by Gasteiger charge is -2.22. The molecule has 0 aliphatic heterocycles. The van der Waals surface area contributed by atoms with E-state index in [1.165, 1.54) is 4.31 Å². The van der Waals surface area contributed by atoms with E-state index in [9.17, 15) is 8.42 Å². The van der Waals surface area contributed by atoms with E-state index in [-0.39, 0.29) is 5.75 Å². The van der Waals surface area contributed by atoms with Crippen molar-refractivity contribution in [1.29, 1.82) is 0 Å². The van der Waals surface area contributed by atoms with E-state index in [4.69, 9.17) is 9.47 Å². The molecule has 0 fully saturated rings. The van der Waals surface area contributed by atoms with Crippen molar-refractivity contribution in [2.24, 2.45) is 0 Å². The lowest BCUT2D eigenvalue weighted by Crippen LogP contribution is -2.40. The van der Waals surface area contributed by atoms with Crippen molar-refractivity contribution in [2.45, 2.75) is 27.2 Å². The van der Waals surface area contributed by atoms with Gasteiger partial charge in [0.1, 0.15) is 0 Å². The van der Waals surface area contributed by atoms with E-state index in [0.29, 0.717) is 46.1 Å². The van der Waals surface area contributed by atoms with Crippen molar-refractivity contribution in [3.63, 3.8) is 0 Å². The molecule has 0 unspecified atom stereocenters. The number of hydrogen-bond acceptors (Lipinski definition) is 5. The van der Waals surface area contributed by atoms with Crippen LogP contribution in [0.15, 0.2) is 0 Å². The summed E-state index contributed by atoms with van der Waals surface area (Å²) in [5.41, 5.74) is 0. The second-order valence-corrected chi connectivity index (χ2v) is 6.45. The van der Waals surface area contributed by atoms with E-state index < -0.39 is 10.0 Å². The summed E-state index contributed by atoms with van der Waals surface area (Å²) in [7, 11) is -3.25. The molecule has 0 saturated heterocycles. The summed E-state index contributed by atoms with van der Waals surface area (Å²) in [6.07, 6.45) is 0.998. The highest BCUT2D eigenvalue weighted by Gasteiger charge is 2.21. The fourth-order valence-corrected chi connectivity index (χ4v) is 3.01. The highest BCUT2D eigenvalue weighted by Crippen LogP contribution is 2.01. The highest BCUT2D eigenvalue weighted by atomic mass is 32.2. The van der Waals surface area contributed by atoms with Crippen LogP contribution in [0, 0.1) is 0 Å². The first-order valence-electron chi connectivity index (χ1n) is 7.42. The second kappa shape index (κ2) is 12.5. The fourth-order valence-electron chi connectivity index (χ4n) is 1.64. The maximum atomic E-state index is 12.3. The van der Waals surface area contributed by atoms with Crippen molar-refractivity contribution in [2.75, 3.05) is 58.4 Å². The van der Waals surface area contributed by atoms with Crippen LogP contribution < -0.4 is 5.32 Å². The van der Waals surface area contributed by atoms with Gasteiger partial charge in [0.05, 0.1) is 19.0 Å². The second-order valence-electron chi connectivity index (χ2n) is 4.36. The SMILES string of the molecule is CCCNCCS(=O)(=O)N(CCOCC)CCOCC. The van der Waals surface area contributed by atoms with Crippen molar-refractivity contribution < 1.29 is 17.9 Å². The zero-order valence-electron chi connectivity index (χ0n) is 13.1. The Morgan fingerprint density at radius 2 is 1.50 bits per heavy atom. The third-order valence-electron chi connectivity index (χ3n) is 2.74. The molecule has 0 rings (SSSR count). The first-order valence-corrected chi connectivity index (χ1v) is 9.03. The molecule has 0 aromatic rings. The number of hydrogen-bond donors (Lipinski definition) is 1. The van der Waals surface area contributed by atoms with Crippen molar-refractivity contribution in [1.82, 2.24) is 9.62 Å². The Morgan fingerprint density at radius 3 is 1.95 bits per heavy atom. The van der Waals surface area contributed by atoms with Gasteiger partial charge >= 0.3 is 0 Å². The lowest BCUT2D eigenvalue weighted by molar-refractivity contribution is 0.110. The Hall–Kier alpha value is -0.210. The van der Waals surface area contributed by atoms with Gasteiger partial charge in [-0.15, -0.1) is 0 Å². The Labute approximate surface area is 123 Å². The van der Waals surface area contributed by atoms with Crippen LogP contribution in [-0.4, -0.2) is 71.1 Å². The van der Waals surface area contributed by atoms with E-state index >= 15 is 0 Å².